The first-order chi connectivity index (χ1) is 18.6. The van der Waals surface area contributed by atoms with Gasteiger partial charge in [0.25, 0.3) is 0 Å². The summed E-state index contributed by atoms with van der Waals surface area (Å²) in [5.74, 6) is 2.68. The summed E-state index contributed by atoms with van der Waals surface area (Å²) in [5.41, 5.74) is -0.124. The fraction of sp³-hybridized carbons (Fsp3) is 0.483. The predicted octanol–water partition coefficient (Wildman–Crippen LogP) is 5.18. The Balaban J connectivity index is 1.69. The molecule has 2 heterocycles. The summed E-state index contributed by atoms with van der Waals surface area (Å²) >= 11 is 0. The number of ether oxygens (including phenoxy) is 1. The van der Waals surface area contributed by atoms with Crippen molar-refractivity contribution in [3.63, 3.8) is 0 Å². The van der Waals surface area contributed by atoms with Crippen LogP contribution in [0.3, 0.4) is 0 Å². The molecule has 2 N–H and O–H groups in total. The second-order valence-corrected chi connectivity index (χ2v) is 13.8. The molecule has 1 aromatic carbocycles. The Morgan fingerprint density at radius 2 is 1.85 bits per heavy atom. The van der Waals surface area contributed by atoms with Crippen molar-refractivity contribution in [3.8, 4) is 11.5 Å². The molecule has 4 rings (SSSR count). The zero-order chi connectivity index (χ0) is 29.3. The lowest BCUT2D eigenvalue weighted by Crippen LogP contribution is -2.47. The van der Waals surface area contributed by atoms with Crippen molar-refractivity contribution in [3.05, 3.63) is 60.0 Å². The van der Waals surface area contributed by atoms with Gasteiger partial charge in [-0.15, -0.1) is 0 Å². The van der Waals surface area contributed by atoms with E-state index < -0.39 is 27.3 Å². The van der Waals surface area contributed by atoms with Crippen molar-refractivity contribution in [1.82, 2.24) is 15.3 Å². The van der Waals surface area contributed by atoms with Gasteiger partial charge < -0.3 is 19.8 Å². The van der Waals surface area contributed by atoms with Crippen LogP contribution in [0.15, 0.2) is 53.1 Å². The number of anilines is 2. The second kappa shape index (κ2) is 11.1. The molecule has 1 fully saturated rings. The lowest BCUT2D eigenvalue weighted by Gasteiger charge is -2.30. The molecule has 0 bridgehead atoms. The van der Waals surface area contributed by atoms with Gasteiger partial charge in [-0.05, 0) is 63.6 Å². The lowest BCUT2D eigenvalue weighted by molar-refractivity contribution is 0.0447. The van der Waals surface area contributed by atoms with Gasteiger partial charge >= 0.3 is 6.09 Å². The number of carbonyl (C=O) groups excluding carboxylic acids is 1. The van der Waals surface area contributed by atoms with Crippen LogP contribution in [0.2, 0.25) is 0 Å². The molecule has 2 aromatic heterocycles. The predicted molar refractivity (Wildman–Crippen MR) is 156 cm³/mol. The van der Waals surface area contributed by atoms with E-state index in [1.807, 2.05) is 37.3 Å². The molecule has 3 atom stereocenters. The molecule has 1 aliphatic rings. The summed E-state index contributed by atoms with van der Waals surface area (Å²) in [4.78, 5) is 21.9. The minimum absolute atomic E-state index is 0.241. The molecule has 0 aliphatic heterocycles. The van der Waals surface area contributed by atoms with Crippen molar-refractivity contribution in [1.29, 1.82) is 0 Å². The third-order valence-electron chi connectivity index (χ3n) is 6.93. The largest absolute Gasteiger partial charge is 0.444 e. The Kier molecular flexibility index (Phi) is 8.16. The van der Waals surface area contributed by atoms with Crippen molar-refractivity contribution < 1.29 is 22.4 Å². The Hall–Kier alpha value is -3.60. The van der Waals surface area contributed by atoms with Crippen LogP contribution < -0.4 is 14.9 Å². The highest BCUT2D eigenvalue weighted by Gasteiger charge is 2.35. The molecule has 0 saturated heterocycles. The highest BCUT2D eigenvalue weighted by Crippen LogP contribution is 2.38. The summed E-state index contributed by atoms with van der Waals surface area (Å²) in [5, 5.41) is 6.31. The van der Waals surface area contributed by atoms with Gasteiger partial charge in [-0.2, -0.15) is 0 Å². The van der Waals surface area contributed by atoms with E-state index >= 15 is 0 Å². The first kappa shape index (κ1) is 29.4. The minimum Gasteiger partial charge on any atom is -0.444 e. The highest BCUT2D eigenvalue weighted by atomic mass is 32.2. The number of hydrogen-bond acceptors (Lipinski definition) is 8. The van der Waals surface area contributed by atoms with E-state index in [4.69, 9.17) is 9.15 Å². The highest BCUT2D eigenvalue weighted by molar-refractivity contribution is 7.92. The van der Waals surface area contributed by atoms with E-state index in [1.165, 1.54) is 7.05 Å². The number of sulfonamides is 1. The van der Waals surface area contributed by atoms with Gasteiger partial charge in [0.15, 0.2) is 5.76 Å². The Morgan fingerprint density at radius 3 is 2.45 bits per heavy atom. The number of nitrogens with one attached hydrogen (secondary N) is 2. The van der Waals surface area contributed by atoms with Crippen molar-refractivity contribution in [2.24, 2.45) is 11.8 Å². The number of oxazole rings is 1. The molecular weight excluding hydrogens is 530 g/mol. The number of benzene rings is 1. The van der Waals surface area contributed by atoms with Crippen LogP contribution in [0.1, 0.15) is 52.4 Å². The monoisotopic (exact) mass is 569 g/mol. The molecule has 0 radical (unpaired) electrons. The van der Waals surface area contributed by atoms with E-state index in [0.717, 1.165) is 29.1 Å². The first-order valence-corrected chi connectivity index (χ1v) is 15.2. The van der Waals surface area contributed by atoms with Crippen LogP contribution in [0.4, 0.5) is 16.4 Å². The maximum absolute atomic E-state index is 12.9. The fourth-order valence-corrected chi connectivity index (χ4v) is 4.80. The summed E-state index contributed by atoms with van der Waals surface area (Å²) in [7, 11) is -2.09. The van der Waals surface area contributed by atoms with Crippen LogP contribution in [-0.4, -0.2) is 49.9 Å². The third-order valence-corrected chi connectivity index (χ3v) is 8.11. The number of pyridine rings is 1. The van der Waals surface area contributed by atoms with Gasteiger partial charge in [0, 0.05) is 25.6 Å². The SMILES string of the molecule is C[C@H]1C[C@@H]1CNc1cc(-c2ncc([C@@](C)(Cc3ccccc3)NC(=O)OC(C)(C)C)o2)cc(N(C)S(C)(=O)=O)n1. The molecule has 216 valence electrons. The van der Waals surface area contributed by atoms with Gasteiger partial charge in [0.1, 0.15) is 22.8 Å². The third kappa shape index (κ3) is 7.53. The molecule has 1 amide bonds. The first-order valence-electron chi connectivity index (χ1n) is 13.3. The number of alkyl carbamates (subject to hydrolysis) is 1. The molecule has 0 spiro atoms. The molecule has 3 aromatic rings. The number of rotatable bonds is 10. The van der Waals surface area contributed by atoms with E-state index in [0.29, 0.717) is 35.4 Å². The average molecular weight is 570 g/mol. The summed E-state index contributed by atoms with van der Waals surface area (Å²) in [6.45, 7) is 10.2. The molecule has 0 unspecified atom stereocenters. The van der Waals surface area contributed by atoms with Gasteiger partial charge in [-0.1, -0.05) is 37.3 Å². The van der Waals surface area contributed by atoms with Gasteiger partial charge in [0.05, 0.1) is 12.5 Å². The summed E-state index contributed by atoms with van der Waals surface area (Å²) in [6, 6.07) is 13.2. The standard InChI is InChI=1S/C29H39N5O5S/c1-19-13-22(19)17-30-24-14-21(15-25(32-24)34(6)40(7,36)37)26-31-18-23(38-26)29(5,16-20-11-9-8-10-12-20)33-27(35)39-28(2,3)4/h8-12,14-15,18-19,22H,13,16-17H2,1-7H3,(H,30,32)(H,33,35)/t19-,22+,29+/m0/s1. The topological polar surface area (TPSA) is 127 Å². The molecule has 11 heteroatoms. The van der Waals surface area contributed by atoms with E-state index in [-0.39, 0.29) is 11.7 Å². The van der Waals surface area contributed by atoms with Crippen molar-refractivity contribution in [2.75, 3.05) is 29.5 Å². The van der Waals surface area contributed by atoms with Crippen LogP contribution in [-0.2, 0) is 26.7 Å². The fourth-order valence-electron chi connectivity index (χ4n) is 4.37. The van der Waals surface area contributed by atoms with E-state index in [2.05, 4.69) is 27.5 Å². The molecular formula is C29H39N5O5S. The lowest BCUT2D eigenvalue weighted by atomic mass is 9.90. The Morgan fingerprint density at radius 1 is 1.18 bits per heavy atom. The Bertz CT molecular complexity index is 1450. The number of nitrogens with zero attached hydrogens (tertiary/aromatic N) is 3. The number of amides is 1. The van der Waals surface area contributed by atoms with Gasteiger partial charge in [0.2, 0.25) is 15.9 Å². The summed E-state index contributed by atoms with van der Waals surface area (Å²) in [6.07, 6.45) is 3.70. The number of carbonyl (C=O) groups is 1. The second-order valence-electron chi connectivity index (χ2n) is 11.8. The zero-order valence-corrected chi connectivity index (χ0v) is 25.0. The van der Waals surface area contributed by atoms with Crippen molar-refractivity contribution in [2.45, 2.75) is 58.6 Å². The number of aromatic nitrogens is 2. The van der Waals surface area contributed by atoms with Gasteiger partial charge in [-0.25, -0.2) is 23.2 Å². The van der Waals surface area contributed by atoms with Crippen LogP contribution in [0.25, 0.3) is 11.5 Å². The van der Waals surface area contributed by atoms with Crippen molar-refractivity contribution >= 4 is 27.8 Å². The average Bonchev–Trinajstić information content (AvgIpc) is 3.33. The normalized spacial score (nSPS) is 18.5. The summed E-state index contributed by atoms with van der Waals surface area (Å²) < 4.78 is 37.5. The minimum atomic E-state index is -3.55. The zero-order valence-electron chi connectivity index (χ0n) is 24.2. The molecule has 40 heavy (non-hydrogen) atoms. The Labute approximate surface area is 236 Å². The van der Waals surface area contributed by atoms with Crippen LogP contribution >= 0.6 is 0 Å². The molecule has 1 aliphatic carbocycles. The molecule has 1 saturated carbocycles. The van der Waals surface area contributed by atoms with E-state index in [1.54, 1.807) is 39.1 Å². The maximum Gasteiger partial charge on any atom is 0.408 e. The number of hydrogen-bond donors (Lipinski definition) is 2. The molecule has 10 nitrogen and oxygen atoms in total. The van der Waals surface area contributed by atoms with Crippen LogP contribution in [0, 0.1) is 11.8 Å². The maximum atomic E-state index is 12.9. The quantitative estimate of drug-likeness (QED) is 0.342. The smallest absolute Gasteiger partial charge is 0.408 e. The van der Waals surface area contributed by atoms with E-state index in [9.17, 15) is 13.2 Å². The van der Waals surface area contributed by atoms with Crippen LogP contribution in [0.5, 0.6) is 0 Å². The van der Waals surface area contributed by atoms with Gasteiger partial charge in [-0.3, -0.25) is 4.31 Å².